The third kappa shape index (κ3) is 4.56. The predicted octanol–water partition coefficient (Wildman–Crippen LogP) is 4.53. The molecule has 0 fully saturated rings. The topological polar surface area (TPSA) is 61.7 Å². The van der Waals surface area contributed by atoms with Crippen LogP contribution < -0.4 is 5.32 Å². The van der Waals surface area contributed by atoms with Gasteiger partial charge in [0, 0.05) is 17.0 Å². The Morgan fingerprint density at radius 2 is 2.23 bits per heavy atom. The molecule has 0 atom stereocenters. The van der Waals surface area contributed by atoms with Crippen LogP contribution in [0.15, 0.2) is 57.4 Å². The van der Waals surface area contributed by atoms with Gasteiger partial charge in [0.05, 0.1) is 23.1 Å². The lowest BCUT2D eigenvalue weighted by Gasteiger charge is -2.08. The summed E-state index contributed by atoms with van der Waals surface area (Å²) in [6.45, 7) is 2.81. The van der Waals surface area contributed by atoms with Crippen molar-refractivity contribution in [2.45, 2.75) is 16.8 Å². The van der Waals surface area contributed by atoms with Crippen LogP contribution in [0.1, 0.15) is 12.5 Å². The van der Waals surface area contributed by atoms with Gasteiger partial charge in [-0.05, 0) is 41.2 Å². The van der Waals surface area contributed by atoms with E-state index < -0.39 is 0 Å². The van der Waals surface area contributed by atoms with E-state index >= 15 is 0 Å². The van der Waals surface area contributed by atoms with Crippen LogP contribution in [-0.4, -0.2) is 22.2 Å². The van der Waals surface area contributed by atoms with Crippen LogP contribution in [0.3, 0.4) is 0 Å². The van der Waals surface area contributed by atoms with Gasteiger partial charge in [-0.2, -0.15) is 0 Å². The van der Waals surface area contributed by atoms with Crippen LogP contribution in [0.25, 0.3) is 0 Å². The van der Waals surface area contributed by atoms with Gasteiger partial charge >= 0.3 is 0 Å². The molecule has 0 radical (unpaired) electrons. The van der Waals surface area contributed by atoms with Gasteiger partial charge in [-0.3, -0.25) is 0 Å². The molecule has 0 saturated heterocycles. The number of hydrogen-bond donors (Lipinski definition) is 2. The summed E-state index contributed by atoms with van der Waals surface area (Å²) < 4.78 is 0.687. The lowest BCUT2D eigenvalue weighted by atomic mass is 10.1. The third-order valence-electron chi connectivity index (χ3n) is 2.64. The fourth-order valence-electron chi connectivity index (χ4n) is 1.61. The second-order valence-electron chi connectivity index (χ2n) is 4.20. The number of allylic oxidation sites excluding steroid dienone is 1. The summed E-state index contributed by atoms with van der Waals surface area (Å²) in [5, 5.41) is 12.4. The number of nitrogens with one attached hydrogen (secondary N) is 2. The molecule has 7 heteroatoms. The Kier molecular flexibility index (Phi) is 6.42. The molecule has 0 spiro atoms. The van der Waals surface area contributed by atoms with Gasteiger partial charge in [0.1, 0.15) is 9.63 Å². The average Bonchev–Trinajstić information content (AvgIpc) is 2.51. The Morgan fingerprint density at radius 3 is 2.91 bits per heavy atom. The molecule has 0 bridgehead atoms. The van der Waals surface area contributed by atoms with Crippen LogP contribution in [0.2, 0.25) is 5.02 Å². The van der Waals surface area contributed by atoms with E-state index in [9.17, 15) is 0 Å². The second kappa shape index (κ2) is 8.31. The fraction of sp³-hybridized carbons (Fsp3) is 0.133. The van der Waals surface area contributed by atoms with Crippen LogP contribution in [0.4, 0.5) is 0 Å². The standard InChI is InChI=1S/C15H14BrClN4S/c1-2-19-7-6-11(18)10-4-3-5-12(15(10)17)22-14-9-20-13(16)8-21-14/h3-9,18-19H,2H2,1H3/b7-6-,18-11?. The molecule has 0 amide bonds. The van der Waals surface area contributed by atoms with E-state index in [1.165, 1.54) is 11.8 Å². The molecule has 114 valence electrons. The van der Waals surface area contributed by atoms with E-state index in [2.05, 4.69) is 31.2 Å². The van der Waals surface area contributed by atoms with Gasteiger partial charge in [0.15, 0.2) is 0 Å². The number of rotatable bonds is 6. The molecule has 2 aromatic rings. The normalized spacial score (nSPS) is 10.9. The molecule has 0 aliphatic carbocycles. The van der Waals surface area contributed by atoms with E-state index in [0.29, 0.717) is 20.9 Å². The summed E-state index contributed by atoms with van der Waals surface area (Å²) >= 11 is 11.1. The molecule has 22 heavy (non-hydrogen) atoms. The first-order valence-electron chi connectivity index (χ1n) is 6.54. The van der Waals surface area contributed by atoms with Crippen LogP contribution in [0.5, 0.6) is 0 Å². The van der Waals surface area contributed by atoms with Crippen molar-refractivity contribution < 1.29 is 0 Å². The summed E-state index contributed by atoms with van der Waals surface area (Å²) in [7, 11) is 0. The number of aromatic nitrogens is 2. The zero-order chi connectivity index (χ0) is 15.9. The van der Waals surface area contributed by atoms with E-state index in [0.717, 1.165) is 16.5 Å². The number of benzene rings is 1. The molecule has 0 saturated carbocycles. The predicted molar refractivity (Wildman–Crippen MR) is 95.0 cm³/mol. The maximum atomic E-state index is 8.10. The highest BCUT2D eigenvalue weighted by molar-refractivity contribution is 9.10. The zero-order valence-electron chi connectivity index (χ0n) is 11.8. The van der Waals surface area contributed by atoms with Crippen molar-refractivity contribution in [1.82, 2.24) is 15.3 Å². The first-order chi connectivity index (χ1) is 10.6. The molecule has 0 unspecified atom stereocenters. The van der Waals surface area contributed by atoms with Crippen molar-refractivity contribution in [3.8, 4) is 0 Å². The van der Waals surface area contributed by atoms with Gasteiger partial charge in [-0.25, -0.2) is 9.97 Å². The molecule has 1 aromatic heterocycles. The molecule has 0 aliphatic rings. The minimum atomic E-state index is 0.357. The lowest BCUT2D eigenvalue weighted by Crippen LogP contribution is -2.04. The minimum Gasteiger partial charge on any atom is -0.391 e. The zero-order valence-corrected chi connectivity index (χ0v) is 15.0. The smallest absolute Gasteiger partial charge is 0.124 e. The summed E-state index contributed by atoms with van der Waals surface area (Å²) in [4.78, 5) is 9.25. The van der Waals surface area contributed by atoms with Crippen LogP contribution >= 0.6 is 39.3 Å². The van der Waals surface area contributed by atoms with Crippen LogP contribution in [0, 0.1) is 5.41 Å². The first kappa shape index (κ1) is 17.0. The largest absolute Gasteiger partial charge is 0.391 e. The van der Waals surface area contributed by atoms with Crippen molar-refractivity contribution in [3.05, 3.63) is 58.1 Å². The Labute approximate surface area is 147 Å². The van der Waals surface area contributed by atoms with E-state index in [-0.39, 0.29) is 0 Å². The van der Waals surface area contributed by atoms with Gasteiger partial charge in [-0.1, -0.05) is 35.5 Å². The van der Waals surface area contributed by atoms with E-state index in [1.807, 2.05) is 25.1 Å². The maximum absolute atomic E-state index is 8.10. The Morgan fingerprint density at radius 1 is 1.41 bits per heavy atom. The van der Waals surface area contributed by atoms with Crippen molar-refractivity contribution in [3.63, 3.8) is 0 Å². The van der Waals surface area contributed by atoms with Crippen molar-refractivity contribution in [2.24, 2.45) is 0 Å². The Hall–Kier alpha value is -1.37. The molecule has 1 aromatic carbocycles. The molecular weight excluding hydrogens is 384 g/mol. The third-order valence-corrected chi connectivity index (χ3v) is 4.55. The summed E-state index contributed by atoms with van der Waals surface area (Å²) in [5.74, 6) is 0. The van der Waals surface area contributed by atoms with Gasteiger partial charge in [0.25, 0.3) is 0 Å². The number of hydrogen-bond acceptors (Lipinski definition) is 5. The van der Waals surface area contributed by atoms with Gasteiger partial charge in [-0.15, -0.1) is 0 Å². The summed E-state index contributed by atoms with van der Waals surface area (Å²) in [6, 6.07) is 5.62. The van der Waals surface area contributed by atoms with Crippen molar-refractivity contribution in [2.75, 3.05) is 6.54 Å². The molecule has 1 heterocycles. The molecule has 2 rings (SSSR count). The van der Waals surface area contributed by atoms with Crippen LogP contribution in [-0.2, 0) is 0 Å². The molecule has 2 N–H and O–H groups in total. The Bertz CT molecular complexity index is 688. The summed E-state index contributed by atoms with van der Waals surface area (Å²) in [6.07, 6.45) is 6.76. The van der Waals surface area contributed by atoms with Crippen molar-refractivity contribution >= 4 is 45.0 Å². The quantitative estimate of drug-likeness (QED) is 0.703. The van der Waals surface area contributed by atoms with E-state index in [4.69, 9.17) is 17.0 Å². The van der Waals surface area contributed by atoms with Crippen molar-refractivity contribution in [1.29, 1.82) is 5.41 Å². The monoisotopic (exact) mass is 396 g/mol. The van der Waals surface area contributed by atoms with Gasteiger partial charge < -0.3 is 10.7 Å². The van der Waals surface area contributed by atoms with E-state index in [1.54, 1.807) is 24.7 Å². The Balaban J connectivity index is 2.21. The highest BCUT2D eigenvalue weighted by Crippen LogP contribution is 2.34. The van der Waals surface area contributed by atoms with Gasteiger partial charge in [0.2, 0.25) is 0 Å². The fourth-order valence-corrected chi connectivity index (χ4v) is 2.94. The maximum Gasteiger partial charge on any atom is 0.124 e. The first-order valence-corrected chi connectivity index (χ1v) is 8.53. The highest BCUT2D eigenvalue weighted by atomic mass is 79.9. The minimum absolute atomic E-state index is 0.357. The number of nitrogens with zero attached hydrogens (tertiary/aromatic N) is 2. The highest BCUT2D eigenvalue weighted by Gasteiger charge is 2.10. The summed E-state index contributed by atoms with van der Waals surface area (Å²) in [5.41, 5.74) is 1.04. The number of halogens is 2. The molecule has 0 aliphatic heterocycles. The second-order valence-corrected chi connectivity index (χ2v) is 6.45. The molecule has 4 nitrogen and oxygen atoms in total. The molecular formula is C15H14BrClN4S. The lowest BCUT2D eigenvalue weighted by molar-refractivity contribution is 0.920. The average molecular weight is 398 g/mol. The SMILES string of the molecule is CCN/C=C\C(=N)c1cccc(Sc2cnc(Br)cn2)c1Cl.